The minimum atomic E-state index is 0.0405. The molecule has 0 unspecified atom stereocenters. The Hall–Kier alpha value is -0.890. The lowest BCUT2D eigenvalue weighted by atomic mass is 9.80. The fourth-order valence-corrected chi connectivity index (χ4v) is 4.98. The summed E-state index contributed by atoms with van der Waals surface area (Å²) in [6.07, 6.45) is 6.58. The first-order valence-corrected chi connectivity index (χ1v) is 11.7. The van der Waals surface area contributed by atoms with Gasteiger partial charge in [-0.15, -0.1) is 0 Å². The zero-order chi connectivity index (χ0) is 20.6. The molecule has 2 heterocycles. The molecule has 2 N–H and O–H groups in total. The molecule has 3 aliphatic rings. The smallest absolute Gasteiger partial charge is 0.191 e. The van der Waals surface area contributed by atoms with Crippen LogP contribution < -0.4 is 10.6 Å². The number of morpholine rings is 2. The van der Waals surface area contributed by atoms with E-state index < -0.39 is 0 Å². The van der Waals surface area contributed by atoms with Gasteiger partial charge in [-0.3, -0.25) is 14.8 Å². The van der Waals surface area contributed by atoms with Crippen LogP contribution in [0.15, 0.2) is 4.99 Å². The van der Waals surface area contributed by atoms with E-state index in [9.17, 15) is 0 Å². The summed E-state index contributed by atoms with van der Waals surface area (Å²) >= 11 is 0. The summed E-state index contributed by atoms with van der Waals surface area (Å²) in [6.45, 7) is 16.8. The van der Waals surface area contributed by atoms with Crippen LogP contribution in [0.2, 0.25) is 0 Å². The van der Waals surface area contributed by atoms with Gasteiger partial charge in [-0.25, -0.2) is 0 Å². The molecule has 168 valence electrons. The molecule has 7 nitrogen and oxygen atoms in total. The van der Waals surface area contributed by atoms with Gasteiger partial charge in [0.2, 0.25) is 0 Å². The summed E-state index contributed by atoms with van der Waals surface area (Å²) < 4.78 is 11.1. The zero-order valence-corrected chi connectivity index (χ0v) is 19.0. The predicted octanol–water partition coefficient (Wildman–Crippen LogP) is 1.69. The van der Waals surface area contributed by atoms with E-state index in [1.807, 2.05) is 0 Å². The molecule has 0 radical (unpaired) electrons. The lowest BCUT2D eigenvalue weighted by Crippen LogP contribution is -2.60. The first-order valence-electron chi connectivity index (χ1n) is 11.7. The predicted molar refractivity (Wildman–Crippen MR) is 119 cm³/mol. The molecule has 0 aromatic carbocycles. The van der Waals surface area contributed by atoms with Crippen molar-refractivity contribution in [3.8, 4) is 0 Å². The Morgan fingerprint density at radius 3 is 2.17 bits per heavy atom. The first-order chi connectivity index (χ1) is 14.1. The molecule has 1 saturated carbocycles. The highest BCUT2D eigenvalue weighted by Gasteiger charge is 2.38. The van der Waals surface area contributed by atoms with Crippen molar-refractivity contribution in [3.63, 3.8) is 0 Å². The maximum Gasteiger partial charge on any atom is 0.191 e. The summed E-state index contributed by atoms with van der Waals surface area (Å²) in [5, 5.41) is 7.19. The molecule has 0 spiro atoms. The Bertz CT molecular complexity index is 507. The van der Waals surface area contributed by atoms with Gasteiger partial charge < -0.3 is 20.1 Å². The molecule has 29 heavy (non-hydrogen) atoms. The lowest BCUT2D eigenvalue weighted by Gasteiger charge is -2.48. The van der Waals surface area contributed by atoms with Crippen molar-refractivity contribution in [2.45, 2.75) is 64.0 Å². The van der Waals surface area contributed by atoms with Crippen molar-refractivity contribution in [2.75, 3.05) is 72.2 Å². The topological polar surface area (TPSA) is 61.4 Å². The van der Waals surface area contributed by atoms with Gasteiger partial charge >= 0.3 is 0 Å². The number of nitrogens with one attached hydrogen (secondary N) is 2. The minimum Gasteiger partial charge on any atom is -0.379 e. The molecule has 0 aromatic heterocycles. The molecule has 0 amide bonds. The van der Waals surface area contributed by atoms with Gasteiger partial charge in [0.1, 0.15) is 0 Å². The second-order valence-corrected chi connectivity index (χ2v) is 9.34. The van der Waals surface area contributed by atoms with Crippen molar-refractivity contribution in [1.82, 2.24) is 20.4 Å². The fourth-order valence-electron chi connectivity index (χ4n) is 4.98. The van der Waals surface area contributed by atoms with Crippen LogP contribution in [0.25, 0.3) is 0 Å². The standard InChI is InChI=1S/C22H43N5O2/c1-4-23-20(24-18-21(2,3)26-10-14-28-15-11-26)25-19-22(8-6-5-7-9-22)27-12-16-29-17-13-27/h4-19H2,1-3H3,(H2,23,24,25). The molecular weight excluding hydrogens is 366 g/mol. The third kappa shape index (κ3) is 6.29. The number of rotatable bonds is 7. The zero-order valence-electron chi connectivity index (χ0n) is 19.0. The molecule has 2 saturated heterocycles. The van der Waals surface area contributed by atoms with E-state index in [1.54, 1.807) is 0 Å². The number of aliphatic imine (C=N–C) groups is 1. The third-order valence-electron chi connectivity index (χ3n) is 6.89. The second-order valence-electron chi connectivity index (χ2n) is 9.34. The molecular formula is C22H43N5O2. The van der Waals surface area contributed by atoms with Crippen molar-refractivity contribution in [3.05, 3.63) is 0 Å². The number of guanidine groups is 1. The van der Waals surface area contributed by atoms with E-state index in [0.29, 0.717) is 0 Å². The van der Waals surface area contributed by atoms with Crippen LogP contribution in [0.3, 0.4) is 0 Å². The summed E-state index contributed by atoms with van der Waals surface area (Å²) in [7, 11) is 0. The Morgan fingerprint density at radius 1 is 0.931 bits per heavy atom. The van der Waals surface area contributed by atoms with Crippen LogP contribution in [0.5, 0.6) is 0 Å². The van der Waals surface area contributed by atoms with Gasteiger partial charge in [0, 0.05) is 50.3 Å². The maximum absolute atomic E-state index is 5.62. The molecule has 0 atom stereocenters. The highest BCUT2D eigenvalue weighted by molar-refractivity contribution is 5.79. The van der Waals surface area contributed by atoms with Crippen molar-refractivity contribution >= 4 is 5.96 Å². The van der Waals surface area contributed by atoms with Crippen LogP contribution in [0.1, 0.15) is 52.9 Å². The largest absolute Gasteiger partial charge is 0.379 e. The molecule has 0 aromatic rings. The highest BCUT2D eigenvalue weighted by Crippen LogP contribution is 2.33. The van der Waals surface area contributed by atoms with Gasteiger partial charge in [0.15, 0.2) is 5.96 Å². The molecule has 0 bridgehead atoms. The summed E-state index contributed by atoms with van der Waals surface area (Å²) in [6, 6.07) is 0. The van der Waals surface area contributed by atoms with E-state index in [1.165, 1.54) is 32.1 Å². The molecule has 3 fully saturated rings. The Morgan fingerprint density at radius 2 is 1.55 bits per heavy atom. The first kappa shape index (κ1) is 22.8. The SMILES string of the molecule is CCNC(=NCC(C)(C)N1CCOCC1)NCC1(N2CCOCC2)CCCCC1. The van der Waals surface area contributed by atoms with E-state index in [-0.39, 0.29) is 11.1 Å². The molecule has 2 aliphatic heterocycles. The Labute approximate surface area is 177 Å². The van der Waals surface area contributed by atoms with Crippen molar-refractivity contribution < 1.29 is 9.47 Å². The van der Waals surface area contributed by atoms with Crippen LogP contribution in [-0.4, -0.2) is 99.1 Å². The fraction of sp³-hybridized carbons (Fsp3) is 0.955. The summed E-state index contributed by atoms with van der Waals surface area (Å²) in [5.41, 5.74) is 0.289. The van der Waals surface area contributed by atoms with Crippen LogP contribution in [0, 0.1) is 0 Å². The number of nitrogens with zero attached hydrogens (tertiary/aromatic N) is 3. The Kier molecular flexibility index (Phi) is 8.59. The quantitative estimate of drug-likeness (QED) is 0.493. The van der Waals surface area contributed by atoms with Crippen LogP contribution >= 0.6 is 0 Å². The average Bonchev–Trinajstić information content (AvgIpc) is 2.77. The van der Waals surface area contributed by atoms with E-state index in [0.717, 1.165) is 78.2 Å². The second kappa shape index (κ2) is 10.9. The van der Waals surface area contributed by atoms with E-state index in [2.05, 4.69) is 41.2 Å². The van der Waals surface area contributed by atoms with Gasteiger partial charge in [0.05, 0.1) is 33.0 Å². The average molecular weight is 410 g/mol. The third-order valence-corrected chi connectivity index (χ3v) is 6.89. The normalized spacial score (nSPS) is 25.0. The lowest BCUT2D eigenvalue weighted by molar-refractivity contribution is -0.0353. The minimum absolute atomic E-state index is 0.0405. The van der Waals surface area contributed by atoms with Gasteiger partial charge in [-0.1, -0.05) is 19.3 Å². The summed E-state index contributed by atoms with van der Waals surface area (Å²) in [4.78, 5) is 10.2. The Balaban J connectivity index is 1.62. The number of hydrogen-bond donors (Lipinski definition) is 2. The molecule has 1 aliphatic carbocycles. The van der Waals surface area contributed by atoms with E-state index >= 15 is 0 Å². The molecule has 7 heteroatoms. The van der Waals surface area contributed by atoms with Crippen molar-refractivity contribution in [2.24, 2.45) is 4.99 Å². The number of ether oxygens (including phenoxy) is 2. The monoisotopic (exact) mass is 409 g/mol. The van der Waals surface area contributed by atoms with Crippen LogP contribution in [0.4, 0.5) is 0 Å². The van der Waals surface area contributed by atoms with Crippen LogP contribution in [-0.2, 0) is 9.47 Å². The highest BCUT2D eigenvalue weighted by atomic mass is 16.5. The number of hydrogen-bond acceptors (Lipinski definition) is 5. The van der Waals surface area contributed by atoms with E-state index in [4.69, 9.17) is 14.5 Å². The van der Waals surface area contributed by atoms with Gasteiger partial charge in [-0.05, 0) is 33.6 Å². The van der Waals surface area contributed by atoms with Gasteiger partial charge in [0.25, 0.3) is 0 Å². The molecule has 3 rings (SSSR count). The maximum atomic E-state index is 5.62. The summed E-state index contributed by atoms with van der Waals surface area (Å²) in [5.74, 6) is 0.951. The van der Waals surface area contributed by atoms with Gasteiger partial charge in [-0.2, -0.15) is 0 Å². The van der Waals surface area contributed by atoms with Crippen molar-refractivity contribution in [1.29, 1.82) is 0 Å².